The molecule has 0 spiro atoms. The van der Waals surface area contributed by atoms with E-state index in [1.807, 2.05) is 23.6 Å². The molecule has 0 radical (unpaired) electrons. The highest BCUT2D eigenvalue weighted by molar-refractivity contribution is 5.92. The normalized spacial score (nSPS) is 24.5. The molecule has 11 heteroatoms. The van der Waals surface area contributed by atoms with E-state index in [1.54, 1.807) is 0 Å². The van der Waals surface area contributed by atoms with Crippen molar-refractivity contribution in [2.45, 2.75) is 84.1 Å². The molecule has 0 aliphatic carbocycles. The number of ether oxygens (including phenoxy) is 1. The number of hydrogen-bond acceptors (Lipinski definition) is 6. The maximum Gasteiger partial charge on any atom is 0.321 e. The molecule has 0 bridgehead atoms. The highest BCUT2D eigenvalue weighted by Gasteiger charge is 2.48. The molecule has 208 valence electrons. The highest BCUT2D eigenvalue weighted by atomic mass is 16.5. The lowest BCUT2D eigenvalue weighted by atomic mass is 9.93. The number of carbonyl (C=O) groups is 2. The van der Waals surface area contributed by atoms with Crippen LogP contribution in [0, 0.1) is 5.92 Å². The molecule has 3 aliphatic heterocycles. The van der Waals surface area contributed by atoms with Crippen LogP contribution in [0.1, 0.15) is 81.8 Å². The van der Waals surface area contributed by atoms with Crippen LogP contribution in [0.2, 0.25) is 0 Å². The van der Waals surface area contributed by atoms with Crippen molar-refractivity contribution >= 4 is 11.9 Å². The van der Waals surface area contributed by atoms with Gasteiger partial charge in [-0.15, -0.1) is 0 Å². The van der Waals surface area contributed by atoms with Crippen molar-refractivity contribution in [2.24, 2.45) is 5.92 Å². The Morgan fingerprint density at radius 3 is 2.61 bits per heavy atom. The number of carbonyl (C=O) groups excluding carboxylic acids is 2. The Kier molecular flexibility index (Phi) is 7.02. The number of aromatic amines is 2. The van der Waals surface area contributed by atoms with Crippen LogP contribution < -0.4 is 5.32 Å². The van der Waals surface area contributed by atoms with Crippen LogP contribution in [0.15, 0.2) is 12.5 Å². The highest BCUT2D eigenvalue weighted by Crippen LogP contribution is 2.42. The van der Waals surface area contributed by atoms with E-state index >= 15 is 0 Å². The van der Waals surface area contributed by atoms with Crippen LogP contribution in [-0.2, 0) is 22.4 Å². The van der Waals surface area contributed by atoms with E-state index < -0.39 is 11.1 Å². The standard InChI is InChI=1S/C27H42N8O3/c1-17-13-34(18(2)12-33(17)14-19-7-9-38-10-8-19)25(37)35-15-20-22(31-32-23(20)27(35,5)6)26(3,4)30-24(36)21-11-28-16-29-21/h11,16-19H,7-10,12-15H2,1-6H3,(H,28,29)(H,30,36)(H,31,32)/t17-,18+/m1/s1. The van der Waals surface area contributed by atoms with E-state index in [4.69, 9.17) is 4.74 Å². The van der Waals surface area contributed by atoms with Gasteiger partial charge in [0.25, 0.3) is 5.91 Å². The molecule has 0 aromatic carbocycles. The van der Waals surface area contributed by atoms with Crippen LogP contribution in [-0.4, -0.2) is 91.7 Å². The summed E-state index contributed by atoms with van der Waals surface area (Å²) in [5.41, 5.74) is 1.72. The molecule has 2 aromatic heterocycles. The molecular formula is C27H42N8O3. The molecule has 3 amide bonds. The summed E-state index contributed by atoms with van der Waals surface area (Å²) in [5, 5.41) is 10.9. The van der Waals surface area contributed by atoms with Crippen molar-refractivity contribution in [2.75, 3.05) is 32.8 Å². The smallest absolute Gasteiger partial charge is 0.321 e. The Labute approximate surface area is 224 Å². The molecule has 38 heavy (non-hydrogen) atoms. The van der Waals surface area contributed by atoms with Crippen LogP contribution in [0.25, 0.3) is 0 Å². The zero-order chi connectivity index (χ0) is 27.2. The minimum absolute atomic E-state index is 0.0509. The van der Waals surface area contributed by atoms with Gasteiger partial charge in [0, 0.05) is 50.5 Å². The number of hydrogen-bond donors (Lipinski definition) is 3. The van der Waals surface area contributed by atoms with E-state index in [2.05, 4.69) is 58.1 Å². The van der Waals surface area contributed by atoms with Crippen molar-refractivity contribution in [1.29, 1.82) is 0 Å². The fourth-order valence-electron chi connectivity index (χ4n) is 6.26. The van der Waals surface area contributed by atoms with Gasteiger partial charge in [0.2, 0.25) is 0 Å². The van der Waals surface area contributed by atoms with E-state index in [9.17, 15) is 9.59 Å². The van der Waals surface area contributed by atoms with Gasteiger partial charge in [-0.3, -0.25) is 14.8 Å². The maximum absolute atomic E-state index is 14.0. The van der Waals surface area contributed by atoms with Crippen LogP contribution in [0.4, 0.5) is 4.79 Å². The molecule has 11 nitrogen and oxygen atoms in total. The number of fused-ring (bicyclic) bond motifs is 1. The van der Waals surface area contributed by atoms with Gasteiger partial charge in [-0.1, -0.05) is 0 Å². The second kappa shape index (κ2) is 10.00. The summed E-state index contributed by atoms with van der Waals surface area (Å²) < 4.78 is 5.54. The van der Waals surface area contributed by atoms with E-state index in [-0.39, 0.29) is 18.0 Å². The van der Waals surface area contributed by atoms with Gasteiger partial charge < -0.3 is 24.8 Å². The summed E-state index contributed by atoms with van der Waals surface area (Å²) in [6, 6.07) is 0.473. The summed E-state index contributed by atoms with van der Waals surface area (Å²) in [7, 11) is 0. The summed E-state index contributed by atoms with van der Waals surface area (Å²) in [5.74, 6) is 0.419. The predicted octanol–water partition coefficient (Wildman–Crippen LogP) is 2.79. The Hall–Kier alpha value is -2.92. The third-order valence-corrected chi connectivity index (χ3v) is 8.66. The molecule has 0 saturated carbocycles. The summed E-state index contributed by atoms with van der Waals surface area (Å²) in [6.45, 7) is 17.2. The number of amides is 3. The van der Waals surface area contributed by atoms with Gasteiger partial charge in [0.1, 0.15) is 5.69 Å². The molecule has 2 saturated heterocycles. The number of aromatic nitrogens is 4. The minimum Gasteiger partial charge on any atom is -0.381 e. The first-order chi connectivity index (χ1) is 18.0. The molecule has 2 fully saturated rings. The lowest BCUT2D eigenvalue weighted by molar-refractivity contribution is 0.00876. The monoisotopic (exact) mass is 526 g/mol. The number of urea groups is 1. The van der Waals surface area contributed by atoms with Gasteiger partial charge in [-0.05, 0) is 60.3 Å². The maximum atomic E-state index is 14.0. The summed E-state index contributed by atoms with van der Waals surface area (Å²) >= 11 is 0. The largest absolute Gasteiger partial charge is 0.381 e. The van der Waals surface area contributed by atoms with Crippen molar-refractivity contribution in [3.8, 4) is 0 Å². The van der Waals surface area contributed by atoms with Crippen LogP contribution in [0.5, 0.6) is 0 Å². The first-order valence-corrected chi connectivity index (χ1v) is 13.8. The minimum atomic E-state index is -0.751. The Morgan fingerprint density at radius 2 is 1.92 bits per heavy atom. The van der Waals surface area contributed by atoms with Crippen molar-refractivity contribution < 1.29 is 14.3 Å². The second-order valence-corrected chi connectivity index (χ2v) is 12.3. The zero-order valence-electron chi connectivity index (χ0n) is 23.5. The van der Waals surface area contributed by atoms with Crippen molar-refractivity contribution in [3.05, 3.63) is 35.2 Å². The van der Waals surface area contributed by atoms with E-state index in [0.717, 1.165) is 56.1 Å². The molecule has 5 heterocycles. The van der Waals surface area contributed by atoms with Gasteiger partial charge in [-0.2, -0.15) is 5.10 Å². The summed E-state index contributed by atoms with van der Waals surface area (Å²) in [4.78, 5) is 40.1. The molecule has 0 unspecified atom stereocenters. The Balaban J connectivity index is 1.29. The molecule has 5 rings (SSSR count). The number of imidazole rings is 1. The molecule has 3 N–H and O–H groups in total. The third-order valence-electron chi connectivity index (χ3n) is 8.66. The lowest BCUT2D eigenvalue weighted by Crippen LogP contribution is -2.62. The van der Waals surface area contributed by atoms with Crippen LogP contribution in [0.3, 0.4) is 0 Å². The van der Waals surface area contributed by atoms with Gasteiger partial charge >= 0.3 is 6.03 Å². The number of nitrogens with one attached hydrogen (secondary N) is 3. The van der Waals surface area contributed by atoms with Crippen LogP contribution >= 0.6 is 0 Å². The fourth-order valence-corrected chi connectivity index (χ4v) is 6.26. The fraction of sp³-hybridized carbons (Fsp3) is 0.704. The van der Waals surface area contributed by atoms with E-state index in [1.165, 1.54) is 12.5 Å². The molecule has 2 aromatic rings. The zero-order valence-corrected chi connectivity index (χ0v) is 23.5. The predicted molar refractivity (Wildman–Crippen MR) is 142 cm³/mol. The SMILES string of the molecule is C[C@@H]1CN(C(=O)N2Cc3c(C(C)(C)NC(=O)c4cnc[nH]4)n[nH]c3C2(C)C)[C@@H](C)CN1CC1CCOCC1. The average molecular weight is 527 g/mol. The average Bonchev–Trinajstić information content (AvgIpc) is 3.60. The summed E-state index contributed by atoms with van der Waals surface area (Å²) in [6.07, 6.45) is 5.21. The first kappa shape index (κ1) is 26.7. The molecular weight excluding hydrogens is 484 g/mol. The topological polar surface area (TPSA) is 122 Å². The van der Waals surface area contributed by atoms with Gasteiger partial charge in [-0.25, -0.2) is 9.78 Å². The quantitative estimate of drug-likeness (QED) is 0.551. The van der Waals surface area contributed by atoms with Gasteiger partial charge in [0.15, 0.2) is 0 Å². The third kappa shape index (κ3) is 4.82. The Morgan fingerprint density at radius 1 is 1.18 bits per heavy atom. The molecule has 2 atom stereocenters. The van der Waals surface area contributed by atoms with Crippen molar-refractivity contribution in [3.63, 3.8) is 0 Å². The second-order valence-electron chi connectivity index (χ2n) is 12.3. The number of piperazine rings is 1. The number of rotatable bonds is 5. The lowest BCUT2D eigenvalue weighted by Gasteiger charge is -2.47. The first-order valence-electron chi connectivity index (χ1n) is 13.8. The number of nitrogens with zero attached hydrogens (tertiary/aromatic N) is 5. The number of H-pyrrole nitrogens is 2. The van der Waals surface area contributed by atoms with Crippen molar-refractivity contribution in [1.82, 2.24) is 40.2 Å². The molecule has 3 aliphatic rings. The van der Waals surface area contributed by atoms with Gasteiger partial charge in [0.05, 0.1) is 41.5 Å². The van der Waals surface area contributed by atoms with E-state index in [0.29, 0.717) is 30.7 Å². The Bertz CT molecular complexity index is 1150.